The van der Waals surface area contributed by atoms with Crippen molar-refractivity contribution in [1.82, 2.24) is 10.7 Å². The van der Waals surface area contributed by atoms with Crippen molar-refractivity contribution in [2.45, 2.75) is 6.92 Å². The zero-order valence-electron chi connectivity index (χ0n) is 4.90. The predicted octanol–water partition coefficient (Wildman–Crippen LogP) is -1.41. The van der Waals surface area contributed by atoms with Gasteiger partial charge in [-0.15, -0.1) is 0 Å². The molecule has 0 rings (SSSR count). The number of carbonyl (C=O) groups excluding carboxylic acids is 1. The molecule has 1 amide bonds. The van der Waals surface area contributed by atoms with Crippen LogP contribution in [0.4, 0.5) is 0 Å². The zero-order chi connectivity index (χ0) is 6.41. The summed E-state index contributed by atoms with van der Waals surface area (Å²) in [5.41, 5.74) is 2.00. The first kappa shape index (κ1) is 7.39. The lowest BCUT2D eigenvalue weighted by atomic mass is 10.6. The zero-order valence-corrected chi connectivity index (χ0v) is 4.90. The summed E-state index contributed by atoms with van der Waals surface area (Å²) in [5.74, 6) is 4.59. The lowest BCUT2D eigenvalue weighted by Crippen LogP contribution is -2.37. The second-order valence-electron chi connectivity index (χ2n) is 1.35. The van der Waals surface area contributed by atoms with Crippen molar-refractivity contribution in [3.05, 3.63) is 0 Å². The van der Waals surface area contributed by atoms with Crippen LogP contribution in [0, 0.1) is 0 Å². The maximum atomic E-state index is 10.3. The van der Waals surface area contributed by atoms with Crippen LogP contribution in [0.3, 0.4) is 0 Å². The van der Waals surface area contributed by atoms with Crippen LogP contribution in [0.2, 0.25) is 0 Å². The van der Waals surface area contributed by atoms with E-state index in [-0.39, 0.29) is 5.91 Å². The van der Waals surface area contributed by atoms with E-state index in [9.17, 15) is 4.79 Å². The minimum absolute atomic E-state index is 0.188. The molecule has 0 saturated heterocycles. The van der Waals surface area contributed by atoms with Gasteiger partial charge in [-0.2, -0.15) is 0 Å². The Morgan fingerprint density at radius 1 is 1.75 bits per heavy atom. The topological polar surface area (TPSA) is 67.2 Å². The van der Waals surface area contributed by atoms with Gasteiger partial charge in [-0.1, -0.05) is 6.92 Å². The Kier molecular flexibility index (Phi) is 4.20. The molecule has 48 valence electrons. The van der Waals surface area contributed by atoms with Crippen LogP contribution in [-0.4, -0.2) is 19.0 Å². The number of carbonyl (C=O) groups is 1. The summed E-state index contributed by atoms with van der Waals surface area (Å²) in [4.78, 5) is 10.3. The molecule has 0 aliphatic heterocycles. The summed E-state index contributed by atoms with van der Waals surface area (Å²) in [6, 6.07) is 0. The average Bonchev–Trinajstić information content (AvgIpc) is 1.83. The maximum absolute atomic E-state index is 10.3. The number of hydrazine groups is 1. The van der Waals surface area contributed by atoms with Crippen molar-refractivity contribution in [3.63, 3.8) is 0 Å². The summed E-state index contributed by atoms with van der Waals surface area (Å²) >= 11 is 0. The fraction of sp³-hybridized carbons (Fsp3) is 0.750. The number of rotatable bonds is 3. The third-order valence-electron chi connectivity index (χ3n) is 0.697. The SMILES string of the molecule is CCNCC(=O)NN. The minimum Gasteiger partial charge on any atom is -0.309 e. The quantitative estimate of drug-likeness (QED) is 0.241. The summed E-state index contributed by atoms with van der Waals surface area (Å²) in [5, 5.41) is 2.81. The van der Waals surface area contributed by atoms with Crippen LogP contribution < -0.4 is 16.6 Å². The molecule has 0 aliphatic carbocycles. The van der Waals surface area contributed by atoms with Crippen molar-refractivity contribution in [2.75, 3.05) is 13.1 Å². The van der Waals surface area contributed by atoms with Crippen molar-refractivity contribution in [1.29, 1.82) is 0 Å². The van der Waals surface area contributed by atoms with Gasteiger partial charge in [0.2, 0.25) is 5.91 Å². The Balaban J connectivity index is 2.99. The number of amides is 1. The van der Waals surface area contributed by atoms with Gasteiger partial charge in [0, 0.05) is 0 Å². The summed E-state index contributed by atoms with van der Waals surface area (Å²) in [7, 11) is 0. The largest absolute Gasteiger partial charge is 0.309 e. The fourth-order valence-electron chi connectivity index (χ4n) is 0.290. The molecule has 0 atom stereocenters. The molecule has 4 N–H and O–H groups in total. The van der Waals surface area contributed by atoms with Gasteiger partial charge >= 0.3 is 0 Å². The van der Waals surface area contributed by atoms with E-state index in [0.717, 1.165) is 6.54 Å². The molecule has 0 saturated carbocycles. The van der Waals surface area contributed by atoms with E-state index in [2.05, 4.69) is 5.32 Å². The summed E-state index contributed by atoms with van der Waals surface area (Å²) in [6.07, 6.45) is 0. The van der Waals surface area contributed by atoms with E-state index in [1.807, 2.05) is 12.3 Å². The monoisotopic (exact) mass is 117 g/mol. The molecule has 0 bridgehead atoms. The van der Waals surface area contributed by atoms with Crippen molar-refractivity contribution < 1.29 is 4.79 Å². The molecule has 8 heavy (non-hydrogen) atoms. The molecular weight excluding hydrogens is 106 g/mol. The molecule has 0 radical (unpaired) electrons. The van der Waals surface area contributed by atoms with Gasteiger partial charge in [0.25, 0.3) is 0 Å². The molecule has 0 aromatic heterocycles. The maximum Gasteiger partial charge on any atom is 0.247 e. The number of hydrogen-bond donors (Lipinski definition) is 3. The predicted molar refractivity (Wildman–Crippen MR) is 30.9 cm³/mol. The van der Waals surface area contributed by atoms with Gasteiger partial charge in [0.05, 0.1) is 6.54 Å². The van der Waals surface area contributed by atoms with Crippen LogP contribution in [-0.2, 0) is 4.79 Å². The molecule has 0 unspecified atom stereocenters. The number of nitrogens with one attached hydrogen (secondary N) is 2. The average molecular weight is 117 g/mol. The number of nitrogens with two attached hydrogens (primary N) is 1. The van der Waals surface area contributed by atoms with E-state index < -0.39 is 0 Å². The Morgan fingerprint density at radius 2 is 2.38 bits per heavy atom. The van der Waals surface area contributed by atoms with E-state index >= 15 is 0 Å². The highest BCUT2D eigenvalue weighted by Gasteiger charge is 1.91. The lowest BCUT2D eigenvalue weighted by molar-refractivity contribution is -0.120. The number of hydrogen-bond acceptors (Lipinski definition) is 3. The summed E-state index contributed by atoms with van der Waals surface area (Å²) in [6.45, 7) is 3.00. The molecule has 0 aromatic carbocycles. The van der Waals surface area contributed by atoms with E-state index in [1.54, 1.807) is 0 Å². The van der Waals surface area contributed by atoms with E-state index in [0.29, 0.717) is 6.54 Å². The first-order valence-electron chi connectivity index (χ1n) is 2.51. The first-order chi connectivity index (χ1) is 3.81. The van der Waals surface area contributed by atoms with Crippen LogP contribution in [0.15, 0.2) is 0 Å². The molecule has 0 aliphatic rings. The van der Waals surface area contributed by atoms with Gasteiger partial charge in [-0.05, 0) is 6.54 Å². The highest BCUT2D eigenvalue weighted by molar-refractivity contribution is 5.77. The Hall–Kier alpha value is -0.610. The second-order valence-corrected chi connectivity index (χ2v) is 1.35. The smallest absolute Gasteiger partial charge is 0.247 e. The van der Waals surface area contributed by atoms with Gasteiger partial charge in [-0.3, -0.25) is 10.2 Å². The van der Waals surface area contributed by atoms with Crippen molar-refractivity contribution in [3.8, 4) is 0 Å². The highest BCUT2D eigenvalue weighted by atomic mass is 16.2. The minimum atomic E-state index is -0.188. The number of likely N-dealkylation sites (N-methyl/N-ethyl adjacent to an activating group) is 1. The van der Waals surface area contributed by atoms with Crippen LogP contribution >= 0.6 is 0 Å². The second kappa shape index (κ2) is 4.55. The molecule has 0 heterocycles. The van der Waals surface area contributed by atoms with Crippen LogP contribution in [0.1, 0.15) is 6.92 Å². The molecular formula is C4H11N3O. The molecule has 0 fully saturated rings. The van der Waals surface area contributed by atoms with Crippen LogP contribution in [0.25, 0.3) is 0 Å². The third kappa shape index (κ3) is 3.58. The molecule has 4 nitrogen and oxygen atoms in total. The van der Waals surface area contributed by atoms with Gasteiger partial charge in [0.1, 0.15) is 0 Å². The first-order valence-corrected chi connectivity index (χ1v) is 2.51. The molecule has 0 aromatic rings. The third-order valence-corrected chi connectivity index (χ3v) is 0.697. The molecule has 4 heteroatoms. The van der Waals surface area contributed by atoms with E-state index in [4.69, 9.17) is 5.84 Å². The fourth-order valence-corrected chi connectivity index (χ4v) is 0.290. The van der Waals surface area contributed by atoms with Gasteiger partial charge in [0.15, 0.2) is 0 Å². The van der Waals surface area contributed by atoms with Crippen LogP contribution in [0.5, 0.6) is 0 Å². The standard InChI is InChI=1S/C4H11N3O/c1-2-6-3-4(8)7-5/h6H,2-3,5H2,1H3,(H,7,8). The Labute approximate surface area is 48.4 Å². The Bertz CT molecular complexity index is 73.7. The Morgan fingerprint density at radius 3 is 2.75 bits per heavy atom. The normalized spacial score (nSPS) is 8.75. The lowest BCUT2D eigenvalue weighted by Gasteiger charge is -1.96. The highest BCUT2D eigenvalue weighted by Crippen LogP contribution is 1.56. The molecule has 0 spiro atoms. The van der Waals surface area contributed by atoms with Gasteiger partial charge < -0.3 is 5.32 Å². The van der Waals surface area contributed by atoms with Crippen molar-refractivity contribution in [2.24, 2.45) is 5.84 Å². The van der Waals surface area contributed by atoms with E-state index in [1.165, 1.54) is 0 Å². The summed E-state index contributed by atoms with van der Waals surface area (Å²) < 4.78 is 0. The van der Waals surface area contributed by atoms with Gasteiger partial charge in [-0.25, -0.2) is 5.84 Å². The van der Waals surface area contributed by atoms with Crippen molar-refractivity contribution >= 4 is 5.91 Å².